The summed E-state index contributed by atoms with van der Waals surface area (Å²) in [5, 5.41) is 1.91. The molecule has 1 N–H and O–H groups in total. The fraction of sp³-hybridized carbons (Fsp3) is 0.824. The van der Waals surface area contributed by atoms with E-state index in [1.165, 1.54) is 24.8 Å². The monoisotopic (exact) mass is 321 g/mol. The Bertz CT molecular complexity index is 348. The molecule has 0 radical (unpaired) electrons. The number of hydrogen-bond acceptors (Lipinski definition) is 1. The molecule has 0 atom stereocenters. The SMILES string of the molecule is C=C(CCCCCC)CC(C)(C)CCCNC(=O)C(F)(F)F. The van der Waals surface area contributed by atoms with Crippen molar-refractivity contribution in [3.8, 4) is 0 Å². The van der Waals surface area contributed by atoms with Gasteiger partial charge >= 0.3 is 12.1 Å². The largest absolute Gasteiger partial charge is 0.471 e. The molecule has 130 valence electrons. The summed E-state index contributed by atoms with van der Waals surface area (Å²) in [5.41, 5.74) is 1.21. The van der Waals surface area contributed by atoms with Gasteiger partial charge in [0.2, 0.25) is 0 Å². The van der Waals surface area contributed by atoms with E-state index in [0.717, 1.165) is 25.7 Å². The minimum absolute atomic E-state index is 0.00476. The molecule has 1 amide bonds. The van der Waals surface area contributed by atoms with Crippen LogP contribution >= 0.6 is 0 Å². The molecular weight excluding hydrogens is 291 g/mol. The van der Waals surface area contributed by atoms with Gasteiger partial charge < -0.3 is 5.32 Å². The van der Waals surface area contributed by atoms with Crippen molar-refractivity contribution in [2.75, 3.05) is 6.54 Å². The summed E-state index contributed by atoms with van der Waals surface area (Å²) in [6, 6.07) is 0. The van der Waals surface area contributed by atoms with E-state index in [4.69, 9.17) is 0 Å². The topological polar surface area (TPSA) is 29.1 Å². The van der Waals surface area contributed by atoms with Crippen LogP contribution in [0.15, 0.2) is 12.2 Å². The van der Waals surface area contributed by atoms with Crippen LogP contribution < -0.4 is 5.32 Å². The van der Waals surface area contributed by atoms with E-state index in [1.54, 1.807) is 0 Å². The summed E-state index contributed by atoms with van der Waals surface area (Å²) in [5.74, 6) is -1.86. The Morgan fingerprint density at radius 3 is 2.27 bits per heavy atom. The van der Waals surface area contributed by atoms with Crippen molar-refractivity contribution in [2.45, 2.75) is 78.3 Å². The van der Waals surface area contributed by atoms with Gasteiger partial charge in [-0.3, -0.25) is 4.79 Å². The summed E-state index contributed by atoms with van der Waals surface area (Å²) < 4.78 is 36.1. The second-order valence-electron chi connectivity index (χ2n) is 6.76. The summed E-state index contributed by atoms with van der Waals surface area (Å²) in [6.45, 7) is 10.5. The molecule has 0 aliphatic carbocycles. The van der Waals surface area contributed by atoms with Gasteiger partial charge in [0.25, 0.3) is 0 Å². The van der Waals surface area contributed by atoms with E-state index >= 15 is 0 Å². The van der Waals surface area contributed by atoms with Crippen LogP contribution in [0.4, 0.5) is 13.2 Å². The number of nitrogens with one attached hydrogen (secondary N) is 1. The van der Waals surface area contributed by atoms with Crippen molar-refractivity contribution >= 4 is 5.91 Å². The second-order valence-corrected chi connectivity index (χ2v) is 6.76. The van der Waals surface area contributed by atoms with E-state index < -0.39 is 12.1 Å². The highest BCUT2D eigenvalue weighted by Crippen LogP contribution is 2.31. The van der Waals surface area contributed by atoms with Crippen molar-refractivity contribution in [1.29, 1.82) is 0 Å². The predicted molar refractivity (Wildman–Crippen MR) is 84.6 cm³/mol. The first kappa shape index (κ1) is 21.0. The lowest BCUT2D eigenvalue weighted by molar-refractivity contribution is -0.173. The van der Waals surface area contributed by atoms with Gasteiger partial charge in [-0.15, -0.1) is 0 Å². The van der Waals surface area contributed by atoms with Crippen LogP contribution in [0.5, 0.6) is 0 Å². The molecule has 2 nitrogen and oxygen atoms in total. The van der Waals surface area contributed by atoms with Crippen molar-refractivity contribution < 1.29 is 18.0 Å². The lowest BCUT2D eigenvalue weighted by atomic mass is 9.80. The molecule has 0 aliphatic heterocycles. The van der Waals surface area contributed by atoms with Gasteiger partial charge in [0, 0.05) is 6.54 Å². The van der Waals surface area contributed by atoms with Crippen LogP contribution in [0.1, 0.15) is 72.1 Å². The predicted octanol–water partition coefficient (Wildman–Crippen LogP) is 5.39. The number of allylic oxidation sites excluding steroid dienone is 1. The van der Waals surface area contributed by atoms with Gasteiger partial charge in [-0.2, -0.15) is 13.2 Å². The average Bonchev–Trinajstić information content (AvgIpc) is 2.38. The van der Waals surface area contributed by atoms with E-state index in [2.05, 4.69) is 27.4 Å². The van der Waals surface area contributed by atoms with Gasteiger partial charge in [0.05, 0.1) is 0 Å². The van der Waals surface area contributed by atoms with Gasteiger partial charge in [0.1, 0.15) is 0 Å². The summed E-state index contributed by atoms with van der Waals surface area (Å²) >= 11 is 0. The summed E-state index contributed by atoms with van der Waals surface area (Å²) in [6.07, 6.45) is 3.25. The number of halogens is 3. The first-order valence-electron chi connectivity index (χ1n) is 8.10. The number of carbonyl (C=O) groups is 1. The minimum atomic E-state index is -4.79. The first-order chi connectivity index (χ1) is 10.1. The normalized spacial score (nSPS) is 12.3. The number of carbonyl (C=O) groups excluding carboxylic acids is 1. The lowest BCUT2D eigenvalue weighted by Gasteiger charge is -2.26. The van der Waals surface area contributed by atoms with Gasteiger partial charge in [-0.05, 0) is 37.5 Å². The van der Waals surface area contributed by atoms with Crippen molar-refractivity contribution in [2.24, 2.45) is 5.41 Å². The third-order valence-corrected chi connectivity index (χ3v) is 3.69. The van der Waals surface area contributed by atoms with Crippen LogP contribution in [0.3, 0.4) is 0 Å². The van der Waals surface area contributed by atoms with Crippen molar-refractivity contribution in [3.63, 3.8) is 0 Å². The standard InChI is InChI=1S/C17H30F3NO/c1-5-6-7-8-10-14(2)13-16(3,4)11-9-12-21-15(22)17(18,19)20/h2,5-13H2,1,3-4H3,(H,21,22). The Labute approximate surface area is 132 Å². The van der Waals surface area contributed by atoms with Crippen LogP contribution in [0.2, 0.25) is 0 Å². The number of rotatable bonds is 11. The number of hydrogen-bond donors (Lipinski definition) is 1. The molecule has 0 fully saturated rings. The van der Waals surface area contributed by atoms with Gasteiger partial charge in [-0.25, -0.2) is 0 Å². The van der Waals surface area contributed by atoms with Crippen LogP contribution in [-0.2, 0) is 4.79 Å². The maximum atomic E-state index is 12.0. The Kier molecular flexibility index (Phi) is 9.45. The van der Waals surface area contributed by atoms with Gasteiger partial charge in [-0.1, -0.05) is 52.2 Å². The fourth-order valence-corrected chi connectivity index (χ4v) is 2.52. The Morgan fingerprint density at radius 1 is 1.09 bits per heavy atom. The zero-order chi connectivity index (χ0) is 17.2. The molecule has 0 saturated carbocycles. The van der Waals surface area contributed by atoms with E-state index in [1.807, 2.05) is 5.32 Å². The number of alkyl halides is 3. The highest BCUT2D eigenvalue weighted by Gasteiger charge is 2.38. The Balaban J connectivity index is 3.90. The molecule has 0 saturated heterocycles. The highest BCUT2D eigenvalue weighted by atomic mass is 19.4. The molecule has 0 aromatic carbocycles. The molecule has 0 aliphatic rings. The molecule has 0 unspecified atom stereocenters. The molecule has 0 aromatic heterocycles. The third-order valence-electron chi connectivity index (χ3n) is 3.69. The number of unbranched alkanes of at least 4 members (excludes halogenated alkanes) is 3. The molecule has 0 spiro atoms. The molecule has 0 bridgehead atoms. The van der Waals surface area contributed by atoms with Crippen LogP contribution in [-0.4, -0.2) is 18.6 Å². The molecule has 22 heavy (non-hydrogen) atoms. The first-order valence-corrected chi connectivity index (χ1v) is 8.10. The van der Waals surface area contributed by atoms with E-state index in [-0.39, 0.29) is 12.0 Å². The molecule has 0 aromatic rings. The van der Waals surface area contributed by atoms with E-state index in [0.29, 0.717) is 6.42 Å². The van der Waals surface area contributed by atoms with Crippen molar-refractivity contribution in [1.82, 2.24) is 5.32 Å². The lowest BCUT2D eigenvalue weighted by Crippen LogP contribution is -2.37. The van der Waals surface area contributed by atoms with Crippen LogP contribution in [0.25, 0.3) is 0 Å². The second kappa shape index (κ2) is 9.90. The third kappa shape index (κ3) is 10.7. The smallest absolute Gasteiger partial charge is 0.348 e. The van der Waals surface area contributed by atoms with E-state index in [9.17, 15) is 18.0 Å². The Hall–Kier alpha value is -1.00. The molecule has 5 heteroatoms. The quantitative estimate of drug-likeness (QED) is 0.401. The minimum Gasteiger partial charge on any atom is -0.348 e. The summed E-state index contributed by atoms with van der Waals surface area (Å²) in [4.78, 5) is 10.7. The average molecular weight is 321 g/mol. The molecule has 0 rings (SSSR count). The molecular formula is C17H30F3NO. The highest BCUT2D eigenvalue weighted by molar-refractivity contribution is 5.81. The Morgan fingerprint density at radius 2 is 1.73 bits per heavy atom. The zero-order valence-electron chi connectivity index (χ0n) is 14.1. The van der Waals surface area contributed by atoms with Crippen LogP contribution in [0, 0.1) is 5.41 Å². The molecule has 0 heterocycles. The maximum absolute atomic E-state index is 12.0. The number of amides is 1. The van der Waals surface area contributed by atoms with Crippen molar-refractivity contribution in [3.05, 3.63) is 12.2 Å². The fourth-order valence-electron chi connectivity index (χ4n) is 2.52. The summed E-state index contributed by atoms with van der Waals surface area (Å²) in [7, 11) is 0. The zero-order valence-corrected chi connectivity index (χ0v) is 14.1. The van der Waals surface area contributed by atoms with Gasteiger partial charge in [0.15, 0.2) is 0 Å². The maximum Gasteiger partial charge on any atom is 0.471 e.